The lowest BCUT2D eigenvalue weighted by Crippen LogP contribution is -1.88. The van der Waals surface area contributed by atoms with E-state index in [0.29, 0.717) is 0 Å². The number of benzene rings is 2. The van der Waals surface area contributed by atoms with Gasteiger partial charge in [0, 0.05) is 28.0 Å². The van der Waals surface area contributed by atoms with Crippen LogP contribution in [0, 0.1) is 6.92 Å². The molecule has 2 nitrogen and oxygen atoms in total. The Bertz CT molecular complexity index is 638. The second-order valence-corrected chi connectivity index (χ2v) is 4.25. The Balaban J connectivity index is 1.95. The molecule has 0 aliphatic carbocycles. The fourth-order valence-electron chi connectivity index (χ4n) is 2.04. The van der Waals surface area contributed by atoms with Crippen LogP contribution in [0.2, 0.25) is 0 Å². The van der Waals surface area contributed by atoms with Gasteiger partial charge in [-0.15, -0.1) is 0 Å². The first-order valence-electron chi connectivity index (χ1n) is 5.73. The van der Waals surface area contributed by atoms with Crippen molar-refractivity contribution < 1.29 is 0 Å². The second kappa shape index (κ2) is 3.98. The number of hydrogen-bond donors (Lipinski definition) is 2. The van der Waals surface area contributed by atoms with Crippen molar-refractivity contribution in [1.82, 2.24) is 4.98 Å². The van der Waals surface area contributed by atoms with E-state index in [4.69, 9.17) is 0 Å². The Morgan fingerprint density at radius 3 is 2.53 bits per heavy atom. The minimum atomic E-state index is 1.11. The van der Waals surface area contributed by atoms with Crippen LogP contribution < -0.4 is 5.32 Å². The molecular formula is C15H14N2. The molecule has 0 unspecified atom stereocenters. The molecular weight excluding hydrogens is 208 g/mol. The van der Waals surface area contributed by atoms with Crippen LogP contribution in [-0.2, 0) is 0 Å². The topological polar surface area (TPSA) is 27.8 Å². The van der Waals surface area contributed by atoms with Crippen molar-refractivity contribution in [3.63, 3.8) is 0 Å². The van der Waals surface area contributed by atoms with E-state index in [1.807, 2.05) is 18.2 Å². The summed E-state index contributed by atoms with van der Waals surface area (Å²) < 4.78 is 0. The van der Waals surface area contributed by atoms with Gasteiger partial charge in [0.05, 0.1) is 0 Å². The SMILES string of the molecule is Cc1cc2cc(Nc3ccccc3)ccc2[nH]1. The van der Waals surface area contributed by atoms with Crippen LogP contribution in [0.1, 0.15) is 5.69 Å². The average Bonchev–Trinajstić information content (AvgIpc) is 2.70. The molecule has 3 rings (SSSR count). The molecule has 2 aromatic carbocycles. The maximum atomic E-state index is 3.39. The molecule has 0 fully saturated rings. The average molecular weight is 222 g/mol. The molecule has 0 saturated heterocycles. The van der Waals surface area contributed by atoms with Crippen molar-refractivity contribution in [1.29, 1.82) is 0 Å². The van der Waals surface area contributed by atoms with E-state index in [9.17, 15) is 0 Å². The van der Waals surface area contributed by atoms with E-state index in [-0.39, 0.29) is 0 Å². The van der Waals surface area contributed by atoms with Crippen LogP contribution in [0.3, 0.4) is 0 Å². The third kappa shape index (κ3) is 2.02. The van der Waals surface area contributed by atoms with Crippen LogP contribution in [0.4, 0.5) is 11.4 Å². The summed E-state index contributed by atoms with van der Waals surface area (Å²) in [5, 5.41) is 4.63. The van der Waals surface area contributed by atoms with Crippen molar-refractivity contribution in [3.8, 4) is 0 Å². The number of fused-ring (bicyclic) bond motifs is 1. The van der Waals surface area contributed by atoms with Gasteiger partial charge in [0.1, 0.15) is 0 Å². The lowest BCUT2D eigenvalue weighted by atomic mass is 10.2. The molecule has 0 aliphatic rings. The van der Waals surface area contributed by atoms with E-state index >= 15 is 0 Å². The summed E-state index contributed by atoms with van der Waals surface area (Å²) in [5.41, 5.74) is 4.60. The highest BCUT2D eigenvalue weighted by Crippen LogP contribution is 2.22. The normalized spacial score (nSPS) is 10.6. The predicted octanol–water partition coefficient (Wildman–Crippen LogP) is 4.22. The van der Waals surface area contributed by atoms with Gasteiger partial charge in [-0.1, -0.05) is 18.2 Å². The van der Waals surface area contributed by atoms with E-state index < -0.39 is 0 Å². The second-order valence-electron chi connectivity index (χ2n) is 4.25. The monoisotopic (exact) mass is 222 g/mol. The molecule has 0 bridgehead atoms. The molecule has 3 aromatic rings. The Labute approximate surface area is 100 Å². The van der Waals surface area contributed by atoms with Gasteiger partial charge in [0.15, 0.2) is 0 Å². The molecule has 17 heavy (non-hydrogen) atoms. The molecule has 84 valence electrons. The molecule has 2 heteroatoms. The zero-order chi connectivity index (χ0) is 11.7. The molecule has 1 aromatic heterocycles. The highest BCUT2D eigenvalue weighted by molar-refractivity contribution is 5.84. The molecule has 2 N–H and O–H groups in total. The van der Waals surface area contributed by atoms with Gasteiger partial charge in [0.25, 0.3) is 0 Å². The summed E-state index contributed by atoms with van der Waals surface area (Å²) in [6.45, 7) is 2.07. The summed E-state index contributed by atoms with van der Waals surface area (Å²) in [6.07, 6.45) is 0. The fourth-order valence-corrected chi connectivity index (χ4v) is 2.04. The number of nitrogens with one attached hydrogen (secondary N) is 2. The number of aromatic amines is 1. The number of rotatable bonds is 2. The molecule has 0 spiro atoms. The third-order valence-corrected chi connectivity index (χ3v) is 2.82. The number of hydrogen-bond acceptors (Lipinski definition) is 1. The first kappa shape index (κ1) is 9.97. The van der Waals surface area contributed by atoms with Crippen molar-refractivity contribution in [3.05, 3.63) is 60.3 Å². The van der Waals surface area contributed by atoms with Gasteiger partial charge in [-0.2, -0.15) is 0 Å². The maximum absolute atomic E-state index is 3.39. The highest BCUT2D eigenvalue weighted by atomic mass is 14.9. The van der Waals surface area contributed by atoms with Crippen LogP contribution in [0.5, 0.6) is 0 Å². The summed E-state index contributed by atoms with van der Waals surface area (Å²) in [7, 11) is 0. The number of aromatic nitrogens is 1. The smallest absolute Gasteiger partial charge is 0.0457 e. The molecule has 1 heterocycles. The summed E-state index contributed by atoms with van der Waals surface area (Å²) >= 11 is 0. The lowest BCUT2D eigenvalue weighted by molar-refractivity contribution is 1.30. The van der Waals surface area contributed by atoms with Crippen LogP contribution in [0.15, 0.2) is 54.6 Å². The molecule has 0 saturated carbocycles. The third-order valence-electron chi connectivity index (χ3n) is 2.82. The van der Waals surface area contributed by atoms with E-state index in [0.717, 1.165) is 11.4 Å². The summed E-state index contributed by atoms with van der Waals surface area (Å²) in [6, 6.07) is 18.7. The molecule has 0 aliphatic heterocycles. The zero-order valence-corrected chi connectivity index (χ0v) is 9.70. The van der Waals surface area contributed by atoms with Gasteiger partial charge in [0.2, 0.25) is 0 Å². The fraction of sp³-hybridized carbons (Fsp3) is 0.0667. The largest absolute Gasteiger partial charge is 0.359 e. The first-order chi connectivity index (χ1) is 8.31. The zero-order valence-electron chi connectivity index (χ0n) is 9.70. The molecule has 0 amide bonds. The maximum Gasteiger partial charge on any atom is 0.0457 e. The predicted molar refractivity (Wildman–Crippen MR) is 72.8 cm³/mol. The van der Waals surface area contributed by atoms with Gasteiger partial charge >= 0.3 is 0 Å². The Kier molecular flexibility index (Phi) is 2.33. The Morgan fingerprint density at radius 2 is 1.71 bits per heavy atom. The van der Waals surface area contributed by atoms with E-state index in [2.05, 4.69) is 53.6 Å². The summed E-state index contributed by atoms with van der Waals surface area (Å²) in [5.74, 6) is 0. The van der Waals surface area contributed by atoms with Gasteiger partial charge in [-0.3, -0.25) is 0 Å². The van der Waals surface area contributed by atoms with Crippen molar-refractivity contribution in [2.75, 3.05) is 5.32 Å². The van der Waals surface area contributed by atoms with Gasteiger partial charge < -0.3 is 10.3 Å². The number of H-pyrrole nitrogens is 1. The van der Waals surface area contributed by atoms with Crippen LogP contribution in [0.25, 0.3) is 10.9 Å². The van der Waals surface area contributed by atoms with Gasteiger partial charge in [-0.25, -0.2) is 0 Å². The number of para-hydroxylation sites is 1. The minimum Gasteiger partial charge on any atom is -0.359 e. The Morgan fingerprint density at radius 1 is 0.882 bits per heavy atom. The van der Waals surface area contributed by atoms with E-state index in [1.165, 1.54) is 16.6 Å². The van der Waals surface area contributed by atoms with Crippen molar-refractivity contribution in [2.45, 2.75) is 6.92 Å². The molecule has 0 atom stereocenters. The Hall–Kier alpha value is -2.22. The van der Waals surface area contributed by atoms with Crippen LogP contribution in [-0.4, -0.2) is 4.98 Å². The summed E-state index contributed by atoms with van der Waals surface area (Å²) in [4.78, 5) is 3.32. The molecule has 0 radical (unpaired) electrons. The first-order valence-corrected chi connectivity index (χ1v) is 5.73. The van der Waals surface area contributed by atoms with Crippen molar-refractivity contribution >= 4 is 22.3 Å². The van der Waals surface area contributed by atoms with Crippen molar-refractivity contribution in [2.24, 2.45) is 0 Å². The number of anilines is 2. The van der Waals surface area contributed by atoms with E-state index in [1.54, 1.807) is 0 Å². The van der Waals surface area contributed by atoms with Crippen LogP contribution >= 0.6 is 0 Å². The standard InChI is InChI=1S/C15H14N2/c1-11-9-12-10-14(7-8-15(12)16-11)17-13-5-3-2-4-6-13/h2-10,16-17H,1H3. The lowest BCUT2D eigenvalue weighted by Gasteiger charge is -2.05. The highest BCUT2D eigenvalue weighted by Gasteiger charge is 1.99. The van der Waals surface area contributed by atoms with Gasteiger partial charge in [-0.05, 0) is 43.3 Å². The minimum absolute atomic E-state index is 1.11. The number of aryl methyl sites for hydroxylation is 1. The quantitative estimate of drug-likeness (QED) is 0.667.